The predicted octanol–water partition coefficient (Wildman–Crippen LogP) is 5.12. The number of ether oxygens (including phenoxy) is 1. The number of hydrogen-bond donors (Lipinski definition) is 1. The molecule has 1 aromatic rings. The minimum Gasteiger partial charge on any atom is -0.449 e. The average Bonchev–Trinajstić information content (AvgIpc) is 2.42. The Hall–Kier alpha value is -0.930. The van der Waals surface area contributed by atoms with Crippen LogP contribution in [0.4, 0.5) is 10.5 Å². The maximum atomic E-state index is 11.6. The summed E-state index contributed by atoms with van der Waals surface area (Å²) in [6.07, 6.45) is 5.64. The van der Waals surface area contributed by atoms with Crippen molar-refractivity contribution in [2.75, 3.05) is 11.9 Å². The van der Waals surface area contributed by atoms with Crippen molar-refractivity contribution in [3.8, 4) is 0 Å². The molecule has 3 nitrogen and oxygen atoms in total. The molecule has 1 saturated carbocycles. The second-order valence-corrected chi connectivity index (χ2v) is 5.67. The van der Waals surface area contributed by atoms with Gasteiger partial charge in [0.15, 0.2) is 0 Å². The van der Waals surface area contributed by atoms with E-state index in [4.69, 9.17) is 27.9 Å². The third-order valence-corrected chi connectivity index (χ3v) is 4.08. The molecular formula is C14H17Cl2NO2. The van der Waals surface area contributed by atoms with E-state index in [0.717, 1.165) is 12.8 Å². The van der Waals surface area contributed by atoms with Crippen LogP contribution in [0.2, 0.25) is 10.0 Å². The molecule has 1 N–H and O–H groups in total. The van der Waals surface area contributed by atoms with Crippen LogP contribution in [0.3, 0.4) is 0 Å². The first-order chi connectivity index (χ1) is 9.15. The van der Waals surface area contributed by atoms with E-state index < -0.39 is 6.09 Å². The van der Waals surface area contributed by atoms with E-state index in [2.05, 4.69) is 5.32 Å². The Balaban J connectivity index is 1.78. The maximum Gasteiger partial charge on any atom is 0.411 e. The van der Waals surface area contributed by atoms with Gasteiger partial charge in [0.1, 0.15) is 0 Å². The molecule has 0 spiro atoms. The van der Waals surface area contributed by atoms with E-state index >= 15 is 0 Å². The van der Waals surface area contributed by atoms with Crippen LogP contribution in [0.5, 0.6) is 0 Å². The van der Waals surface area contributed by atoms with Gasteiger partial charge in [-0.3, -0.25) is 5.32 Å². The number of carbonyl (C=O) groups excluding carboxylic acids is 1. The number of hydrogen-bond acceptors (Lipinski definition) is 2. The van der Waals surface area contributed by atoms with Gasteiger partial charge in [-0.2, -0.15) is 0 Å². The van der Waals surface area contributed by atoms with Crippen LogP contribution < -0.4 is 5.32 Å². The number of rotatable bonds is 3. The zero-order valence-corrected chi connectivity index (χ0v) is 12.1. The average molecular weight is 302 g/mol. The number of anilines is 1. The molecule has 0 unspecified atom stereocenters. The zero-order valence-electron chi connectivity index (χ0n) is 10.6. The van der Waals surface area contributed by atoms with Crippen molar-refractivity contribution in [2.24, 2.45) is 5.92 Å². The summed E-state index contributed by atoms with van der Waals surface area (Å²) in [6.45, 7) is 0.493. The van der Waals surface area contributed by atoms with E-state index in [0.29, 0.717) is 28.3 Å². The smallest absolute Gasteiger partial charge is 0.411 e. The molecular weight excluding hydrogens is 285 g/mol. The number of nitrogens with one attached hydrogen (secondary N) is 1. The van der Waals surface area contributed by atoms with Crippen LogP contribution in [0.25, 0.3) is 0 Å². The molecule has 1 amide bonds. The Bertz CT molecular complexity index is 445. The molecule has 0 saturated heterocycles. The van der Waals surface area contributed by atoms with Crippen molar-refractivity contribution in [1.29, 1.82) is 0 Å². The highest BCUT2D eigenvalue weighted by Gasteiger charge is 2.15. The fourth-order valence-corrected chi connectivity index (χ4v) is 2.57. The van der Waals surface area contributed by atoms with Crippen LogP contribution in [0.15, 0.2) is 18.2 Å². The highest BCUT2D eigenvalue weighted by atomic mass is 35.5. The first kappa shape index (κ1) is 14.5. The topological polar surface area (TPSA) is 38.3 Å². The Morgan fingerprint density at radius 3 is 2.63 bits per heavy atom. The lowest BCUT2D eigenvalue weighted by Crippen LogP contribution is -2.20. The summed E-state index contributed by atoms with van der Waals surface area (Å²) in [5.41, 5.74) is 0.586. The molecule has 1 fully saturated rings. The van der Waals surface area contributed by atoms with Crippen molar-refractivity contribution in [3.63, 3.8) is 0 Å². The monoisotopic (exact) mass is 301 g/mol. The van der Waals surface area contributed by atoms with Gasteiger partial charge in [0.2, 0.25) is 0 Å². The van der Waals surface area contributed by atoms with E-state index in [-0.39, 0.29) is 0 Å². The van der Waals surface area contributed by atoms with E-state index in [1.54, 1.807) is 18.2 Å². The molecule has 104 valence electrons. The van der Waals surface area contributed by atoms with Gasteiger partial charge in [0.25, 0.3) is 0 Å². The lowest BCUT2D eigenvalue weighted by molar-refractivity contribution is 0.128. The Morgan fingerprint density at radius 2 is 1.95 bits per heavy atom. The molecule has 5 heteroatoms. The molecule has 0 aliphatic heterocycles. The summed E-state index contributed by atoms with van der Waals surface area (Å²) >= 11 is 11.7. The largest absolute Gasteiger partial charge is 0.449 e. The van der Waals surface area contributed by atoms with Crippen LogP contribution in [0, 0.1) is 5.92 Å². The fraction of sp³-hybridized carbons (Fsp3) is 0.500. The van der Waals surface area contributed by atoms with Gasteiger partial charge < -0.3 is 4.74 Å². The molecule has 2 rings (SSSR count). The summed E-state index contributed by atoms with van der Waals surface area (Å²) in [5.74, 6) is 0.508. The first-order valence-corrected chi connectivity index (χ1v) is 7.29. The molecule has 0 atom stereocenters. The van der Waals surface area contributed by atoms with Crippen LogP contribution >= 0.6 is 23.2 Å². The van der Waals surface area contributed by atoms with E-state index in [1.807, 2.05) is 0 Å². The third-order valence-electron chi connectivity index (χ3n) is 3.34. The Labute approximate surface area is 123 Å². The normalized spacial score (nSPS) is 16.1. The van der Waals surface area contributed by atoms with Crippen molar-refractivity contribution < 1.29 is 9.53 Å². The first-order valence-electron chi connectivity index (χ1n) is 6.54. The summed E-state index contributed by atoms with van der Waals surface area (Å²) < 4.78 is 5.23. The van der Waals surface area contributed by atoms with Crippen LogP contribution in [-0.2, 0) is 4.74 Å². The Kier molecular flexibility index (Phi) is 5.34. The SMILES string of the molecule is O=C(Nc1ccc(Cl)c(Cl)c1)OCC1CCCCC1. The number of halogens is 2. The number of benzene rings is 1. The molecule has 19 heavy (non-hydrogen) atoms. The van der Waals surface area contributed by atoms with Crippen molar-refractivity contribution in [1.82, 2.24) is 0 Å². The van der Waals surface area contributed by atoms with Gasteiger partial charge in [-0.05, 0) is 37.0 Å². The summed E-state index contributed by atoms with van der Waals surface area (Å²) in [5, 5.41) is 3.52. The minimum atomic E-state index is -0.441. The predicted molar refractivity (Wildman–Crippen MR) is 78.0 cm³/mol. The quantitative estimate of drug-likeness (QED) is 0.841. The highest BCUT2D eigenvalue weighted by molar-refractivity contribution is 6.42. The van der Waals surface area contributed by atoms with Crippen molar-refractivity contribution in [2.45, 2.75) is 32.1 Å². The van der Waals surface area contributed by atoms with Gasteiger partial charge in [-0.1, -0.05) is 42.5 Å². The summed E-state index contributed by atoms with van der Waals surface area (Å²) in [6, 6.07) is 4.93. The third kappa shape index (κ3) is 4.59. The molecule has 1 aliphatic rings. The van der Waals surface area contributed by atoms with Gasteiger partial charge in [-0.15, -0.1) is 0 Å². The minimum absolute atomic E-state index is 0.409. The van der Waals surface area contributed by atoms with Crippen LogP contribution in [-0.4, -0.2) is 12.7 Å². The van der Waals surface area contributed by atoms with Gasteiger partial charge >= 0.3 is 6.09 Å². The van der Waals surface area contributed by atoms with Gasteiger partial charge in [0, 0.05) is 5.69 Å². The lowest BCUT2D eigenvalue weighted by Gasteiger charge is -2.21. The maximum absolute atomic E-state index is 11.6. The molecule has 1 aromatic carbocycles. The van der Waals surface area contributed by atoms with Crippen molar-refractivity contribution >= 4 is 35.0 Å². The number of carbonyl (C=O) groups is 1. The highest BCUT2D eigenvalue weighted by Crippen LogP contribution is 2.26. The van der Waals surface area contributed by atoms with Gasteiger partial charge in [-0.25, -0.2) is 4.79 Å². The standard InChI is InChI=1S/C14H17Cl2NO2/c15-12-7-6-11(8-13(12)16)17-14(18)19-9-10-4-2-1-3-5-10/h6-8,10H,1-5,9H2,(H,17,18). The molecule has 0 bridgehead atoms. The second kappa shape index (κ2) is 7.01. The fourth-order valence-electron chi connectivity index (χ4n) is 2.28. The molecule has 0 radical (unpaired) electrons. The summed E-state index contributed by atoms with van der Waals surface area (Å²) in [7, 11) is 0. The van der Waals surface area contributed by atoms with E-state index in [9.17, 15) is 4.79 Å². The molecule has 0 aromatic heterocycles. The molecule has 1 aliphatic carbocycles. The zero-order chi connectivity index (χ0) is 13.7. The Morgan fingerprint density at radius 1 is 1.21 bits per heavy atom. The van der Waals surface area contributed by atoms with Gasteiger partial charge in [0.05, 0.1) is 16.7 Å². The number of amides is 1. The van der Waals surface area contributed by atoms with Crippen molar-refractivity contribution in [3.05, 3.63) is 28.2 Å². The molecule has 0 heterocycles. The van der Waals surface area contributed by atoms with E-state index in [1.165, 1.54) is 19.3 Å². The lowest BCUT2D eigenvalue weighted by atomic mass is 9.90. The summed E-state index contributed by atoms with van der Waals surface area (Å²) in [4.78, 5) is 11.6. The van der Waals surface area contributed by atoms with Crippen LogP contribution in [0.1, 0.15) is 32.1 Å². The second-order valence-electron chi connectivity index (χ2n) is 4.86.